The molecular weight excluding hydrogens is 376 g/mol. The largest absolute Gasteiger partial charge is 0.481 e. The van der Waals surface area contributed by atoms with Gasteiger partial charge in [0.05, 0.1) is 17.9 Å². The van der Waals surface area contributed by atoms with Gasteiger partial charge in [-0.25, -0.2) is 4.98 Å². The molecule has 28 heavy (non-hydrogen) atoms. The fourth-order valence-electron chi connectivity index (χ4n) is 3.60. The molecule has 7 heteroatoms. The zero-order valence-electron chi connectivity index (χ0n) is 15.4. The molecule has 2 unspecified atom stereocenters. The molecule has 1 aliphatic rings. The topological polar surface area (TPSA) is 83.6 Å². The summed E-state index contributed by atoms with van der Waals surface area (Å²) in [6, 6.07) is 13.2. The lowest BCUT2D eigenvalue weighted by Crippen LogP contribution is -2.44. The van der Waals surface area contributed by atoms with Gasteiger partial charge in [-0.15, -0.1) is 11.3 Å². The molecule has 1 N–H and O–H groups in total. The Labute approximate surface area is 166 Å². The molecule has 1 fully saturated rings. The molecule has 0 spiro atoms. The molecule has 6 nitrogen and oxygen atoms in total. The Morgan fingerprint density at radius 3 is 2.64 bits per heavy atom. The van der Waals surface area contributed by atoms with Gasteiger partial charge >= 0.3 is 5.97 Å². The predicted molar refractivity (Wildman–Crippen MR) is 106 cm³/mol. The highest BCUT2D eigenvalue weighted by Crippen LogP contribution is 2.36. The molecule has 1 aromatic carbocycles. The van der Waals surface area contributed by atoms with Crippen LogP contribution >= 0.6 is 11.3 Å². The molecule has 2 aromatic heterocycles. The van der Waals surface area contributed by atoms with Crippen molar-refractivity contribution in [2.75, 3.05) is 13.1 Å². The average molecular weight is 396 g/mol. The number of aliphatic carboxylic acids is 1. The van der Waals surface area contributed by atoms with E-state index in [1.165, 1.54) is 11.3 Å². The maximum Gasteiger partial charge on any atom is 0.306 e. The Kier molecular flexibility index (Phi) is 5.00. The fourth-order valence-corrected chi connectivity index (χ4v) is 4.63. The summed E-state index contributed by atoms with van der Waals surface area (Å²) in [6.45, 7) is 2.75. The van der Waals surface area contributed by atoms with Gasteiger partial charge in [0.15, 0.2) is 10.8 Å². The fraction of sp³-hybridized carbons (Fsp3) is 0.286. The summed E-state index contributed by atoms with van der Waals surface area (Å²) >= 11 is 1.31. The van der Waals surface area contributed by atoms with E-state index in [2.05, 4.69) is 4.98 Å². The van der Waals surface area contributed by atoms with Gasteiger partial charge in [0, 0.05) is 18.7 Å². The predicted octanol–water partition coefficient (Wildman–Crippen LogP) is 4.25. The third-order valence-corrected chi connectivity index (χ3v) is 6.17. The summed E-state index contributed by atoms with van der Waals surface area (Å²) in [7, 11) is 0. The number of carbonyl (C=O) groups is 2. The van der Waals surface area contributed by atoms with Crippen molar-refractivity contribution in [1.82, 2.24) is 9.88 Å². The van der Waals surface area contributed by atoms with Crippen LogP contribution in [0, 0.1) is 11.8 Å². The molecule has 3 heterocycles. The molecular formula is C21H20N2O4S. The first kappa shape index (κ1) is 18.4. The van der Waals surface area contributed by atoms with Gasteiger partial charge in [-0.2, -0.15) is 0 Å². The third kappa shape index (κ3) is 3.45. The standard InChI is InChI=1S/C21H20N2O4S/c1-13-12-23(10-9-15(13)21(25)26)20(24)18-17(14-6-3-2-4-7-14)22-19(28-18)16-8-5-11-27-16/h2-8,11,13,15H,9-10,12H2,1H3,(H,25,26). The Hall–Kier alpha value is -2.93. The van der Waals surface area contributed by atoms with Gasteiger partial charge in [-0.1, -0.05) is 37.3 Å². The highest BCUT2D eigenvalue weighted by molar-refractivity contribution is 7.17. The van der Waals surface area contributed by atoms with E-state index < -0.39 is 11.9 Å². The molecule has 1 amide bonds. The SMILES string of the molecule is CC1CN(C(=O)c2sc(-c3ccco3)nc2-c2ccccc2)CCC1C(=O)O. The number of carboxylic acid groups (broad SMARTS) is 1. The van der Waals surface area contributed by atoms with Crippen LogP contribution in [0.2, 0.25) is 0 Å². The maximum absolute atomic E-state index is 13.3. The second-order valence-electron chi connectivity index (χ2n) is 7.00. The van der Waals surface area contributed by atoms with Crippen LogP contribution < -0.4 is 0 Å². The van der Waals surface area contributed by atoms with E-state index in [1.54, 1.807) is 17.2 Å². The van der Waals surface area contributed by atoms with Crippen LogP contribution in [0.5, 0.6) is 0 Å². The van der Waals surface area contributed by atoms with E-state index in [0.29, 0.717) is 40.8 Å². The van der Waals surface area contributed by atoms with Gasteiger partial charge in [-0.05, 0) is 24.5 Å². The van der Waals surface area contributed by atoms with Crippen LogP contribution in [0.15, 0.2) is 53.1 Å². The number of nitrogens with zero attached hydrogens (tertiary/aromatic N) is 2. The van der Waals surface area contributed by atoms with E-state index >= 15 is 0 Å². The Balaban J connectivity index is 1.68. The number of hydrogen-bond acceptors (Lipinski definition) is 5. The first-order chi connectivity index (χ1) is 13.5. The summed E-state index contributed by atoms with van der Waals surface area (Å²) in [5, 5.41) is 9.98. The Bertz CT molecular complexity index is 981. The molecule has 1 aliphatic heterocycles. The summed E-state index contributed by atoms with van der Waals surface area (Å²) in [4.78, 5) is 31.7. The average Bonchev–Trinajstić information content (AvgIpc) is 3.37. The lowest BCUT2D eigenvalue weighted by atomic mass is 9.87. The van der Waals surface area contributed by atoms with Crippen molar-refractivity contribution in [3.8, 4) is 22.0 Å². The minimum atomic E-state index is -0.789. The zero-order chi connectivity index (χ0) is 19.7. The van der Waals surface area contributed by atoms with Gasteiger partial charge in [0.25, 0.3) is 5.91 Å². The first-order valence-corrected chi connectivity index (χ1v) is 9.98. The quantitative estimate of drug-likeness (QED) is 0.713. The number of furan rings is 1. The van der Waals surface area contributed by atoms with Crippen LogP contribution in [-0.4, -0.2) is 40.0 Å². The molecule has 4 rings (SSSR count). The van der Waals surface area contributed by atoms with E-state index in [0.717, 1.165) is 5.56 Å². The van der Waals surface area contributed by atoms with Crippen molar-refractivity contribution in [1.29, 1.82) is 0 Å². The van der Waals surface area contributed by atoms with Crippen molar-refractivity contribution in [2.24, 2.45) is 11.8 Å². The minimum absolute atomic E-state index is 0.0900. The number of carboxylic acids is 1. The van der Waals surface area contributed by atoms with E-state index in [4.69, 9.17) is 4.42 Å². The number of carbonyl (C=O) groups excluding carboxylic acids is 1. The van der Waals surface area contributed by atoms with Crippen molar-refractivity contribution < 1.29 is 19.1 Å². The van der Waals surface area contributed by atoms with Crippen LogP contribution in [-0.2, 0) is 4.79 Å². The molecule has 3 aromatic rings. The van der Waals surface area contributed by atoms with Crippen LogP contribution in [0.25, 0.3) is 22.0 Å². The van der Waals surface area contributed by atoms with Crippen LogP contribution in [0.1, 0.15) is 23.0 Å². The highest BCUT2D eigenvalue weighted by atomic mass is 32.1. The number of thiazole rings is 1. The van der Waals surface area contributed by atoms with Crippen molar-refractivity contribution in [2.45, 2.75) is 13.3 Å². The second kappa shape index (κ2) is 7.59. The second-order valence-corrected chi connectivity index (χ2v) is 8.00. The zero-order valence-corrected chi connectivity index (χ0v) is 16.2. The summed E-state index contributed by atoms with van der Waals surface area (Å²) in [6.07, 6.45) is 2.05. The van der Waals surface area contributed by atoms with Gasteiger partial charge in [0.1, 0.15) is 4.88 Å². The molecule has 0 aliphatic carbocycles. The minimum Gasteiger partial charge on any atom is -0.481 e. The van der Waals surface area contributed by atoms with E-state index in [-0.39, 0.29) is 11.8 Å². The highest BCUT2D eigenvalue weighted by Gasteiger charge is 2.35. The molecule has 0 radical (unpaired) electrons. The first-order valence-electron chi connectivity index (χ1n) is 9.17. The van der Waals surface area contributed by atoms with Crippen LogP contribution in [0.3, 0.4) is 0 Å². The van der Waals surface area contributed by atoms with Crippen LogP contribution in [0.4, 0.5) is 0 Å². The number of aromatic nitrogens is 1. The van der Waals surface area contributed by atoms with Crippen molar-refractivity contribution in [3.63, 3.8) is 0 Å². The summed E-state index contributed by atoms with van der Waals surface area (Å²) in [5.41, 5.74) is 1.50. The number of benzene rings is 1. The van der Waals surface area contributed by atoms with E-state index in [1.807, 2.05) is 43.3 Å². The Morgan fingerprint density at radius 1 is 1.21 bits per heavy atom. The molecule has 0 bridgehead atoms. The lowest BCUT2D eigenvalue weighted by Gasteiger charge is -2.34. The molecule has 1 saturated heterocycles. The molecule has 0 saturated carbocycles. The normalized spacial score (nSPS) is 19.5. The monoisotopic (exact) mass is 396 g/mol. The lowest BCUT2D eigenvalue weighted by molar-refractivity contribution is -0.145. The van der Waals surface area contributed by atoms with Gasteiger partial charge < -0.3 is 14.4 Å². The smallest absolute Gasteiger partial charge is 0.306 e. The Morgan fingerprint density at radius 2 is 2.00 bits per heavy atom. The summed E-state index contributed by atoms with van der Waals surface area (Å²) < 4.78 is 5.46. The third-order valence-electron chi connectivity index (χ3n) is 5.11. The van der Waals surface area contributed by atoms with Crippen molar-refractivity contribution in [3.05, 3.63) is 53.6 Å². The molecule has 2 atom stereocenters. The van der Waals surface area contributed by atoms with Gasteiger partial charge in [0.2, 0.25) is 0 Å². The summed E-state index contributed by atoms with van der Waals surface area (Å²) in [5.74, 6) is -0.767. The van der Waals surface area contributed by atoms with E-state index in [9.17, 15) is 14.7 Å². The maximum atomic E-state index is 13.3. The number of amides is 1. The number of rotatable bonds is 4. The number of hydrogen-bond donors (Lipinski definition) is 1. The molecule has 144 valence electrons. The van der Waals surface area contributed by atoms with Gasteiger partial charge in [-0.3, -0.25) is 9.59 Å². The number of likely N-dealkylation sites (tertiary alicyclic amines) is 1. The van der Waals surface area contributed by atoms with Crippen molar-refractivity contribution >= 4 is 23.2 Å². The number of piperidine rings is 1.